The van der Waals surface area contributed by atoms with Gasteiger partial charge in [-0.25, -0.2) is 0 Å². The lowest BCUT2D eigenvalue weighted by Crippen LogP contribution is -2.26. The first-order valence-corrected chi connectivity index (χ1v) is 11.2. The molecule has 2 aromatic carbocycles. The number of aryl methyl sites for hydroxylation is 1. The molecule has 0 unspecified atom stereocenters. The van der Waals surface area contributed by atoms with Crippen LogP contribution in [0.25, 0.3) is 16.9 Å². The number of methoxy groups -OCH3 is 1. The number of carbonyl (C=O) groups is 1. The summed E-state index contributed by atoms with van der Waals surface area (Å²) in [6, 6.07) is 16.6. The summed E-state index contributed by atoms with van der Waals surface area (Å²) in [5.74, 6) is 1.31. The van der Waals surface area contributed by atoms with E-state index in [9.17, 15) is 9.59 Å². The smallest absolute Gasteiger partial charge is 0.277 e. The molecule has 2 aromatic heterocycles. The monoisotopic (exact) mass is 460 g/mol. The molecule has 8 nitrogen and oxygen atoms in total. The fourth-order valence-corrected chi connectivity index (χ4v) is 3.89. The van der Waals surface area contributed by atoms with Crippen LogP contribution in [0, 0.1) is 6.92 Å². The summed E-state index contributed by atoms with van der Waals surface area (Å²) in [7, 11) is 3.50. The van der Waals surface area contributed by atoms with E-state index in [0.29, 0.717) is 35.6 Å². The van der Waals surface area contributed by atoms with Crippen LogP contribution in [-0.4, -0.2) is 33.8 Å². The van der Waals surface area contributed by atoms with Gasteiger partial charge in [0.05, 0.1) is 19.4 Å². The first-order chi connectivity index (χ1) is 16.4. The average molecular weight is 461 g/mol. The maximum absolute atomic E-state index is 13.3. The number of carbonyl (C=O) groups excluding carboxylic acids is 1. The summed E-state index contributed by atoms with van der Waals surface area (Å²) in [5, 5.41) is 7.43. The molecular formula is C26H28N4O4. The molecule has 0 aliphatic rings. The number of hydrogen-bond donors (Lipinski definition) is 1. The molecule has 0 saturated carbocycles. The van der Waals surface area contributed by atoms with Crippen molar-refractivity contribution in [3.63, 3.8) is 0 Å². The van der Waals surface area contributed by atoms with E-state index < -0.39 is 0 Å². The lowest BCUT2D eigenvalue weighted by Gasteiger charge is -2.12. The van der Waals surface area contributed by atoms with E-state index in [2.05, 4.69) is 10.4 Å². The minimum Gasteiger partial charge on any atom is -0.497 e. The maximum atomic E-state index is 13.3. The average Bonchev–Trinajstić information content (AvgIpc) is 3.30. The highest BCUT2D eigenvalue weighted by molar-refractivity contribution is 5.90. The Morgan fingerprint density at radius 3 is 2.56 bits per heavy atom. The van der Waals surface area contributed by atoms with E-state index in [1.807, 2.05) is 67.9 Å². The molecule has 0 radical (unpaired) electrons. The summed E-state index contributed by atoms with van der Waals surface area (Å²) >= 11 is 0. The van der Waals surface area contributed by atoms with Crippen molar-refractivity contribution in [1.29, 1.82) is 0 Å². The molecule has 0 spiro atoms. The SMILES string of the molecule is CCOc1ccc(NC(=O)CCc2c(C)n(C)c3cc(-c4cccc(OC)c4)nn3c2=O)cc1. The van der Waals surface area contributed by atoms with Gasteiger partial charge in [0.1, 0.15) is 17.1 Å². The van der Waals surface area contributed by atoms with Crippen LogP contribution >= 0.6 is 0 Å². The number of anilines is 1. The van der Waals surface area contributed by atoms with Gasteiger partial charge in [0.15, 0.2) is 0 Å². The molecule has 0 fully saturated rings. The Hall–Kier alpha value is -4.07. The molecule has 0 bridgehead atoms. The maximum Gasteiger partial charge on any atom is 0.277 e. The fraction of sp³-hybridized carbons (Fsp3) is 0.269. The van der Waals surface area contributed by atoms with Crippen molar-refractivity contribution in [2.24, 2.45) is 7.05 Å². The molecule has 1 N–H and O–H groups in total. The van der Waals surface area contributed by atoms with Crippen LogP contribution in [0.15, 0.2) is 59.4 Å². The lowest BCUT2D eigenvalue weighted by atomic mass is 10.1. The molecule has 0 atom stereocenters. The number of nitrogens with one attached hydrogen (secondary N) is 1. The Labute approximate surface area is 197 Å². The van der Waals surface area contributed by atoms with Crippen LogP contribution in [0.2, 0.25) is 0 Å². The van der Waals surface area contributed by atoms with Crippen molar-refractivity contribution >= 4 is 17.2 Å². The van der Waals surface area contributed by atoms with Gasteiger partial charge < -0.3 is 19.4 Å². The van der Waals surface area contributed by atoms with Crippen molar-refractivity contribution in [2.45, 2.75) is 26.7 Å². The van der Waals surface area contributed by atoms with Crippen LogP contribution in [0.4, 0.5) is 5.69 Å². The second kappa shape index (κ2) is 9.82. The van der Waals surface area contributed by atoms with E-state index in [0.717, 1.165) is 22.8 Å². The van der Waals surface area contributed by atoms with Gasteiger partial charge in [-0.05, 0) is 56.7 Å². The minimum atomic E-state index is -0.214. The number of ether oxygens (including phenoxy) is 2. The van der Waals surface area contributed by atoms with Crippen LogP contribution < -0.4 is 20.3 Å². The van der Waals surface area contributed by atoms with Crippen molar-refractivity contribution in [2.75, 3.05) is 19.0 Å². The van der Waals surface area contributed by atoms with Crippen molar-refractivity contribution in [1.82, 2.24) is 14.2 Å². The summed E-state index contributed by atoms with van der Waals surface area (Å²) in [6.07, 6.45) is 0.491. The van der Waals surface area contributed by atoms with Crippen molar-refractivity contribution < 1.29 is 14.3 Å². The third-order valence-corrected chi connectivity index (χ3v) is 5.84. The fourth-order valence-electron chi connectivity index (χ4n) is 3.89. The Bertz CT molecular complexity index is 1390. The summed E-state index contributed by atoms with van der Waals surface area (Å²) in [6.45, 7) is 4.39. The Kier molecular flexibility index (Phi) is 6.67. The summed E-state index contributed by atoms with van der Waals surface area (Å²) in [5.41, 5.74) is 4.06. The van der Waals surface area contributed by atoms with Crippen molar-refractivity contribution in [3.8, 4) is 22.8 Å². The quantitative estimate of drug-likeness (QED) is 0.430. The highest BCUT2D eigenvalue weighted by Crippen LogP contribution is 2.24. The third-order valence-electron chi connectivity index (χ3n) is 5.84. The molecule has 0 saturated heterocycles. The van der Waals surface area contributed by atoms with E-state index in [4.69, 9.17) is 9.47 Å². The van der Waals surface area contributed by atoms with Gasteiger partial charge in [-0.15, -0.1) is 0 Å². The number of amides is 1. The van der Waals surface area contributed by atoms with Gasteiger partial charge >= 0.3 is 0 Å². The highest BCUT2D eigenvalue weighted by atomic mass is 16.5. The van der Waals surface area contributed by atoms with Gasteiger partial charge in [-0.1, -0.05) is 12.1 Å². The number of aromatic nitrogens is 3. The number of benzene rings is 2. The Balaban J connectivity index is 1.55. The lowest BCUT2D eigenvalue weighted by molar-refractivity contribution is -0.116. The number of rotatable bonds is 8. The summed E-state index contributed by atoms with van der Waals surface area (Å²) in [4.78, 5) is 25.8. The van der Waals surface area contributed by atoms with Gasteiger partial charge in [-0.3, -0.25) is 9.59 Å². The third kappa shape index (κ3) is 4.66. The first kappa shape index (κ1) is 23.1. The molecule has 176 valence electrons. The normalized spacial score (nSPS) is 10.9. The van der Waals surface area contributed by atoms with Crippen LogP contribution in [0.3, 0.4) is 0 Å². The zero-order valence-corrected chi connectivity index (χ0v) is 19.8. The van der Waals surface area contributed by atoms with Gasteiger partial charge in [-0.2, -0.15) is 9.61 Å². The van der Waals surface area contributed by atoms with E-state index in [1.165, 1.54) is 4.52 Å². The molecule has 4 rings (SSSR count). The van der Waals surface area contributed by atoms with Crippen LogP contribution in [0.5, 0.6) is 11.5 Å². The predicted octanol–water partition coefficient (Wildman–Crippen LogP) is 3.99. The predicted molar refractivity (Wildman–Crippen MR) is 132 cm³/mol. The zero-order valence-electron chi connectivity index (χ0n) is 19.8. The minimum absolute atomic E-state index is 0.164. The molecule has 8 heteroatoms. The summed E-state index contributed by atoms with van der Waals surface area (Å²) < 4.78 is 14.1. The van der Waals surface area contributed by atoms with Gasteiger partial charge in [0.25, 0.3) is 5.56 Å². The largest absolute Gasteiger partial charge is 0.497 e. The van der Waals surface area contributed by atoms with Crippen LogP contribution in [-0.2, 0) is 18.3 Å². The highest BCUT2D eigenvalue weighted by Gasteiger charge is 2.17. The molecule has 0 aliphatic carbocycles. The molecular weight excluding hydrogens is 432 g/mol. The zero-order chi connectivity index (χ0) is 24.2. The number of nitrogens with zero attached hydrogens (tertiary/aromatic N) is 3. The van der Waals surface area contributed by atoms with E-state index >= 15 is 0 Å². The molecule has 1 amide bonds. The second-order valence-electron chi connectivity index (χ2n) is 7.97. The van der Waals surface area contributed by atoms with Crippen LogP contribution in [0.1, 0.15) is 24.6 Å². The molecule has 2 heterocycles. The Morgan fingerprint density at radius 1 is 1.09 bits per heavy atom. The first-order valence-electron chi connectivity index (χ1n) is 11.2. The molecule has 34 heavy (non-hydrogen) atoms. The van der Waals surface area contributed by atoms with E-state index in [1.54, 1.807) is 19.2 Å². The van der Waals surface area contributed by atoms with Crippen molar-refractivity contribution in [3.05, 3.63) is 76.2 Å². The number of fused-ring (bicyclic) bond motifs is 1. The Morgan fingerprint density at radius 2 is 1.85 bits per heavy atom. The topological polar surface area (TPSA) is 86.9 Å². The van der Waals surface area contributed by atoms with E-state index in [-0.39, 0.29) is 17.9 Å². The molecule has 0 aliphatic heterocycles. The van der Waals surface area contributed by atoms with Gasteiger partial charge in [0.2, 0.25) is 5.91 Å². The standard InChI is InChI=1S/C26H28N4O4/c1-5-34-20-11-9-19(10-12-20)27-24(31)14-13-22-17(2)29(3)25-16-23(28-30(25)26(22)32)18-7-6-8-21(15-18)33-4/h6-12,15-16H,5,13-14H2,1-4H3,(H,27,31). The molecule has 4 aromatic rings. The second-order valence-corrected chi connectivity index (χ2v) is 7.97. The van der Waals surface area contributed by atoms with Gasteiger partial charge in [0, 0.05) is 42.0 Å². The number of hydrogen-bond acceptors (Lipinski definition) is 5.